The highest BCUT2D eigenvalue weighted by Gasteiger charge is 2.26. The van der Waals surface area contributed by atoms with Gasteiger partial charge in [0.15, 0.2) is 0 Å². The molecule has 0 bridgehead atoms. The number of carbonyl (C=O) groups excluding carboxylic acids is 2. The van der Waals surface area contributed by atoms with Gasteiger partial charge in [0.05, 0.1) is 14.2 Å². The fourth-order valence-corrected chi connectivity index (χ4v) is 2.71. The first-order valence-electron chi connectivity index (χ1n) is 9.34. The minimum absolute atomic E-state index is 0.00179. The fourth-order valence-electron chi connectivity index (χ4n) is 2.71. The minimum atomic E-state index is -0.613. The Morgan fingerprint density at radius 1 is 0.929 bits per heavy atom. The lowest BCUT2D eigenvalue weighted by Gasteiger charge is -2.23. The summed E-state index contributed by atoms with van der Waals surface area (Å²) in [5.41, 5.74) is 1.44. The van der Waals surface area contributed by atoms with Crippen molar-refractivity contribution in [3.63, 3.8) is 0 Å². The Morgan fingerprint density at radius 2 is 1.46 bits per heavy atom. The third-order valence-electron chi connectivity index (χ3n) is 4.76. The molecule has 150 valence electrons. The van der Waals surface area contributed by atoms with E-state index in [0.29, 0.717) is 17.9 Å². The van der Waals surface area contributed by atoms with Gasteiger partial charge >= 0.3 is 0 Å². The smallest absolute Gasteiger partial charge is 0.251 e. The summed E-state index contributed by atoms with van der Waals surface area (Å²) in [5.74, 6) is 0.948. The predicted molar refractivity (Wildman–Crippen MR) is 109 cm³/mol. The van der Waals surface area contributed by atoms with Gasteiger partial charge in [-0.2, -0.15) is 0 Å². The van der Waals surface area contributed by atoms with Gasteiger partial charge in [0.2, 0.25) is 5.91 Å². The van der Waals surface area contributed by atoms with Crippen LogP contribution in [0.5, 0.6) is 11.5 Å². The monoisotopic (exact) mass is 384 g/mol. The van der Waals surface area contributed by atoms with Crippen LogP contribution in [0.4, 0.5) is 0 Å². The number of hydrogen-bond donors (Lipinski definition) is 2. The highest BCUT2D eigenvalue weighted by Crippen LogP contribution is 2.14. The number of hydrogen-bond acceptors (Lipinski definition) is 4. The predicted octanol–water partition coefficient (Wildman–Crippen LogP) is 3.16. The Labute approximate surface area is 166 Å². The lowest BCUT2D eigenvalue weighted by atomic mass is 9.97. The van der Waals surface area contributed by atoms with Crippen LogP contribution in [0.15, 0.2) is 48.5 Å². The van der Waals surface area contributed by atoms with Gasteiger partial charge in [0.25, 0.3) is 5.91 Å². The van der Waals surface area contributed by atoms with Crippen LogP contribution in [-0.4, -0.2) is 32.1 Å². The van der Waals surface area contributed by atoms with Crippen molar-refractivity contribution in [1.29, 1.82) is 0 Å². The summed E-state index contributed by atoms with van der Waals surface area (Å²) in [7, 11) is 3.18. The molecule has 2 aromatic rings. The van der Waals surface area contributed by atoms with Gasteiger partial charge in [-0.1, -0.05) is 32.4 Å². The molecular weight excluding hydrogens is 356 g/mol. The van der Waals surface area contributed by atoms with E-state index in [4.69, 9.17) is 9.47 Å². The first kappa shape index (κ1) is 21.3. The molecule has 0 saturated heterocycles. The zero-order chi connectivity index (χ0) is 20.5. The molecule has 0 unspecified atom stereocenters. The van der Waals surface area contributed by atoms with Crippen molar-refractivity contribution in [3.05, 3.63) is 59.7 Å². The van der Waals surface area contributed by atoms with Crippen LogP contribution in [0, 0.1) is 5.92 Å². The summed E-state index contributed by atoms with van der Waals surface area (Å²) in [6, 6.07) is 13.7. The molecule has 0 aliphatic rings. The Bertz CT molecular complexity index is 772. The molecule has 6 nitrogen and oxygen atoms in total. The molecule has 28 heavy (non-hydrogen) atoms. The zero-order valence-corrected chi connectivity index (χ0v) is 16.8. The molecule has 0 spiro atoms. The van der Waals surface area contributed by atoms with E-state index in [9.17, 15) is 9.59 Å². The van der Waals surface area contributed by atoms with E-state index in [2.05, 4.69) is 10.6 Å². The lowest BCUT2D eigenvalue weighted by molar-refractivity contribution is -0.124. The van der Waals surface area contributed by atoms with Crippen LogP contribution < -0.4 is 20.1 Å². The molecule has 0 aromatic heterocycles. The molecule has 0 aliphatic carbocycles. The molecule has 6 heteroatoms. The topological polar surface area (TPSA) is 76.7 Å². The van der Waals surface area contributed by atoms with Gasteiger partial charge in [0.1, 0.15) is 17.5 Å². The minimum Gasteiger partial charge on any atom is -0.497 e. The summed E-state index contributed by atoms with van der Waals surface area (Å²) in [5, 5.41) is 5.78. The number of benzene rings is 2. The van der Waals surface area contributed by atoms with Gasteiger partial charge in [-0.3, -0.25) is 9.59 Å². The maximum atomic E-state index is 12.7. The lowest BCUT2D eigenvalue weighted by Crippen LogP contribution is -2.50. The molecule has 2 atom stereocenters. The first-order valence-corrected chi connectivity index (χ1v) is 9.34. The van der Waals surface area contributed by atoms with E-state index in [0.717, 1.165) is 17.7 Å². The largest absolute Gasteiger partial charge is 0.497 e. The molecule has 2 amide bonds. The molecule has 2 rings (SSSR count). The van der Waals surface area contributed by atoms with Crippen molar-refractivity contribution < 1.29 is 19.1 Å². The van der Waals surface area contributed by atoms with E-state index >= 15 is 0 Å². The average Bonchev–Trinajstić information content (AvgIpc) is 2.75. The van der Waals surface area contributed by atoms with E-state index in [-0.39, 0.29) is 17.7 Å². The molecule has 0 heterocycles. The van der Waals surface area contributed by atoms with Crippen molar-refractivity contribution in [2.24, 2.45) is 5.92 Å². The van der Waals surface area contributed by atoms with Crippen molar-refractivity contribution >= 4 is 11.8 Å². The van der Waals surface area contributed by atoms with Gasteiger partial charge in [-0.05, 0) is 47.9 Å². The SMILES string of the molecule is CC[C@H](C)[C@H](NC(=O)c1ccc(OC)cc1)C(=O)NCc1ccc(OC)cc1. The summed E-state index contributed by atoms with van der Waals surface area (Å²) < 4.78 is 10.2. The normalized spacial score (nSPS) is 12.6. The molecule has 0 saturated carbocycles. The second-order valence-electron chi connectivity index (χ2n) is 6.63. The Kier molecular flexibility index (Phi) is 7.87. The molecule has 0 radical (unpaired) electrons. The van der Waals surface area contributed by atoms with Crippen LogP contribution in [-0.2, 0) is 11.3 Å². The molecule has 2 aromatic carbocycles. The summed E-state index contributed by atoms with van der Waals surface area (Å²) in [4.78, 5) is 25.3. The van der Waals surface area contributed by atoms with Gasteiger partial charge in [-0.25, -0.2) is 0 Å². The number of rotatable bonds is 9. The number of carbonyl (C=O) groups is 2. The molecule has 0 fully saturated rings. The second kappa shape index (κ2) is 10.3. The quantitative estimate of drug-likeness (QED) is 0.696. The van der Waals surface area contributed by atoms with E-state index < -0.39 is 6.04 Å². The molecular formula is C22H28N2O4. The number of amides is 2. The standard InChI is InChI=1S/C22H28N2O4/c1-5-15(2)20(24-21(25)17-8-12-19(28-4)13-9-17)22(26)23-14-16-6-10-18(27-3)11-7-16/h6-13,15,20H,5,14H2,1-4H3,(H,23,26)(H,24,25)/t15-,20-/m0/s1. The maximum Gasteiger partial charge on any atom is 0.251 e. The summed E-state index contributed by atoms with van der Waals surface area (Å²) in [6.45, 7) is 4.33. The summed E-state index contributed by atoms with van der Waals surface area (Å²) >= 11 is 0. The van der Waals surface area contributed by atoms with Crippen LogP contribution in [0.25, 0.3) is 0 Å². The van der Waals surface area contributed by atoms with E-state index in [1.807, 2.05) is 38.1 Å². The van der Waals surface area contributed by atoms with Crippen molar-refractivity contribution in [2.45, 2.75) is 32.9 Å². The van der Waals surface area contributed by atoms with Crippen LogP contribution >= 0.6 is 0 Å². The zero-order valence-electron chi connectivity index (χ0n) is 16.8. The van der Waals surface area contributed by atoms with Crippen molar-refractivity contribution in [3.8, 4) is 11.5 Å². The summed E-state index contributed by atoms with van der Waals surface area (Å²) in [6.07, 6.45) is 0.767. The Balaban J connectivity index is 2.02. The van der Waals surface area contributed by atoms with Crippen LogP contribution in [0.1, 0.15) is 36.2 Å². The number of methoxy groups -OCH3 is 2. The van der Waals surface area contributed by atoms with Crippen molar-refractivity contribution in [1.82, 2.24) is 10.6 Å². The maximum absolute atomic E-state index is 12.7. The first-order chi connectivity index (χ1) is 13.5. The third-order valence-corrected chi connectivity index (χ3v) is 4.76. The van der Waals surface area contributed by atoms with Crippen molar-refractivity contribution in [2.75, 3.05) is 14.2 Å². The van der Waals surface area contributed by atoms with Gasteiger partial charge < -0.3 is 20.1 Å². The third kappa shape index (κ3) is 5.74. The van der Waals surface area contributed by atoms with E-state index in [1.165, 1.54) is 0 Å². The van der Waals surface area contributed by atoms with Crippen LogP contribution in [0.3, 0.4) is 0 Å². The highest BCUT2D eigenvalue weighted by atomic mass is 16.5. The average molecular weight is 384 g/mol. The highest BCUT2D eigenvalue weighted by molar-refractivity contribution is 5.97. The van der Waals surface area contributed by atoms with Gasteiger partial charge in [-0.15, -0.1) is 0 Å². The molecule has 2 N–H and O–H groups in total. The second-order valence-corrected chi connectivity index (χ2v) is 6.63. The number of nitrogens with one attached hydrogen (secondary N) is 2. The Hall–Kier alpha value is -3.02. The number of ether oxygens (including phenoxy) is 2. The Morgan fingerprint density at radius 3 is 1.96 bits per heavy atom. The van der Waals surface area contributed by atoms with Gasteiger partial charge in [0, 0.05) is 12.1 Å². The van der Waals surface area contributed by atoms with E-state index in [1.54, 1.807) is 38.5 Å². The molecule has 0 aliphatic heterocycles. The fraction of sp³-hybridized carbons (Fsp3) is 0.364. The van der Waals surface area contributed by atoms with Crippen LogP contribution in [0.2, 0.25) is 0 Å².